The third kappa shape index (κ3) is 4.78. The zero-order valence-electron chi connectivity index (χ0n) is 16.2. The van der Waals surface area contributed by atoms with E-state index in [0.717, 1.165) is 18.7 Å². The highest BCUT2D eigenvalue weighted by atomic mass is 19.4. The molecular weight excluding hydrogens is 415 g/mol. The summed E-state index contributed by atoms with van der Waals surface area (Å²) >= 11 is 0. The molecule has 1 aliphatic heterocycles. The van der Waals surface area contributed by atoms with Crippen LogP contribution in [0.5, 0.6) is 0 Å². The largest absolute Gasteiger partial charge is 0.416 e. The second-order valence-corrected chi connectivity index (χ2v) is 7.63. The first-order valence-corrected chi connectivity index (χ1v) is 8.98. The number of hydrogen-bond donors (Lipinski definition) is 2. The Morgan fingerprint density at radius 3 is 2.73 bits per heavy atom. The second kappa shape index (κ2) is 7.61. The number of aromatic nitrogens is 3. The third-order valence-corrected chi connectivity index (χ3v) is 4.66. The molecule has 0 aromatic carbocycles. The van der Waals surface area contributed by atoms with Crippen molar-refractivity contribution in [3.8, 4) is 0 Å². The first-order chi connectivity index (χ1) is 13.8. The van der Waals surface area contributed by atoms with Crippen molar-refractivity contribution in [3.63, 3.8) is 0 Å². The Hall–Kier alpha value is -2.54. The van der Waals surface area contributed by atoms with Crippen molar-refractivity contribution < 1.29 is 31.5 Å². The Morgan fingerprint density at radius 2 is 2.07 bits per heavy atom. The van der Waals surface area contributed by atoms with Crippen LogP contribution in [0.4, 0.5) is 26.7 Å². The molecule has 0 radical (unpaired) electrons. The summed E-state index contributed by atoms with van der Waals surface area (Å²) in [7, 11) is 0. The van der Waals surface area contributed by atoms with Crippen LogP contribution in [0.3, 0.4) is 0 Å². The predicted molar refractivity (Wildman–Crippen MR) is 94.8 cm³/mol. The molecular formula is C17H21F5N6O2. The molecule has 0 bridgehead atoms. The number of nitrogens with one attached hydrogen (secondary N) is 1. The van der Waals surface area contributed by atoms with Gasteiger partial charge >= 0.3 is 12.2 Å². The summed E-state index contributed by atoms with van der Waals surface area (Å²) in [6.07, 6.45) is -1.73. The van der Waals surface area contributed by atoms with Crippen LogP contribution in [0, 0.1) is 0 Å². The number of urea groups is 1. The van der Waals surface area contributed by atoms with E-state index in [1.165, 1.54) is 23.0 Å². The molecule has 0 aliphatic carbocycles. The predicted octanol–water partition coefficient (Wildman–Crippen LogP) is 2.25. The number of carbonyl (C=O) groups excluding carboxylic acids is 1. The topological polar surface area (TPSA) is 97.8 Å². The number of alkyl halides is 5. The van der Waals surface area contributed by atoms with Crippen LogP contribution in [0.25, 0.3) is 5.65 Å². The highest BCUT2D eigenvalue weighted by Crippen LogP contribution is 2.33. The van der Waals surface area contributed by atoms with Gasteiger partial charge in [-0.3, -0.25) is 0 Å². The van der Waals surface area contributed by atoms with E-state index in [9.17, 15) is 26.7 Å². The van der Waals surface area contributed by atoms with Crippen LogP contribution in [-0.4, -0.2) is 62.9 Å². The van der Waals surface area contributed by atoms with Crippen molar-refractivity contribution in [2.45, 2.75) is 44.1 Å². The standard InChI is InChI=1S/C17H21F5N6O2/c1-15(2,17(20,21)22)30-7-11(23)12-6-28-13(26-12)3-10(4-25-28)5-27-9-16(18,19)8-24-14(27)29/h3-4,6,11H,5,7-9,23H2,1-2H3,(H,24,29)/t11-/m0/s1. The molecule has 2 aromatic rings. The van der Waals surface area contributed by atoms with Crippen molar-refractivity contribution in [1.29, 1.82) is 0 Å². The average Bonchev–Trinajstić information content (AvgIpc) is 3.05. The summed E-state index contributed by atoms with van der Waals surface area (Å²) < 4.78 is 72.0. The van der Waals surface area contributed by atoms with Gasteiger partial charge in [-0.1, -0.05) is 0 Å². The average molecular weight is 436 g/mol. The molecule has 2 aromatic heterocycles. The van der Waals surface area contributed by atoms with Crippen molar-refractivity contribution in [1.82, 2.24) is 24.8 Å². The maximum Gasteiger partial charge on any atom is 0.416 e. The van der Waals surface area contributed by atoms with E-state index in [0.29, 0.717) is 11.2 Å². The first kappa shape index (κ1) is 22.2. The lowest BCUT2D eigenvalue weighted by Crippen LogP contribution is -2.56. The Labute approximate surface area is 168 Å². The maximum atomic E-state index is 13.5. The van der Waals surface area contributed by atoms with Gasteiger partial charge in [-0.25, -0.2) is 23.1 Å². The molecule has 3 N–H and O–H groups in total. The number of nitrogens with two attached hydrogens (primary N) is 1. The maximum absolute atomic E-state index is 13.5. The number of ether oxygens (including phenoxy) is 1. The minimum atomic E-state index is -4.56. The Bertz CT molecular complexity index is 929. The van der Waals surface area contributed by atoms with E-state index in [2.05, 4.69) is 15.4 Å². The van der Waals surface area contributed by atoms with Crippen LogP contribution in [-0.2, 0) is 11.3 Å². The number of nitrogens with zero attached hydrogens (tertiary/aromatic N) is 4. The molecule has 166 valence electrons. The van der Waals surface area contributed by atoms with Crippen LogP contribution >= 0.6 is 0 Å². The lowest BCUT2D eigenvalue weighted by Gasteiger charge is -2.32. The van der Waals surface area contributed by atoms with Crippen molar-refractivity contribution in [2.24, 2.45) is 5.73 Å². The molecule has 0 unspecified atom stereocenters. The summed E-state index contributed by atoms with van der Waals surface area (Å²) in [5.74, 6) is -3.04. The smallest absolute Gasteiger partial charge is 0.364 e. The molecule has 1 saturated heterocycles. The lowest BCUT2D eigenvalue weighted by atomic mass is 10.1. The fourth-order valence-corrected chi connectivity index (χ4v) is 2.74. The van der Waals surface area contributed by atoms with Crippen LogP contribution < -0.4 is 11.1 Å². The molecule has 0 spiro atoms. The Kier molecular flexibility index (Phi) is 5.62. The molecule has 1 atom stereocenters. The molecule has 30 heavy (non-hydrogen) atoms. The van der Waals surface area contributed by atoms with E-state index in [1.54, 1.807) is 0 Å². The number of imidazole rings is 1. The number of hydrogen-bond acceptors (Lipinski definition) is 5. The minimum absolute atomic E-state index is 0.109. The van der Waals surface area contributed by atoms with Gasteiger partial charge in [0, 0.05) is 6.54 Å². The number of rotatable bonds is 6. The van der Waals surface area contributed by atoms with Gasteiger partial charge in [0.2, 0.25) is 0 Å². The monoisotopic (exact) mass is 436 g/mol. The zero-order valence-corrected chi connectivity index (χ0v) is 16.2. The van der Waals surface area contributed by atoms with Crippen molar-refractivity contribution in [3.05, 3.63) is 29.7 Å². The van der Waals surface area contributed by atoms with E-state index in [1.807, 2.05) is 0 Å². The third-order valence-electron chi connectivity index (χ3n) is 4.66. The summed E-state index contributed by atoms with van der Waals surface area (Å²) in [6.45, 7) is -0.168. The minimum Gasteiger partial charge on any atom is -0.364 e. The normalized spacial score (nSPS) is 18.5. The summed E-state index contributed by atoms with van der Waals surface area (Å²) in [5, 5.41) is 6.21. The summed E-state index contributed by atoms with van der Waals surface area (Å²) in [5.41, 5.74) is 4.54. The van der Waals surface area contributed by atoms with Crippen LogP contribution in [0.15, 0.2) is 18.5 Å². The van der Waals surface area contributed by atoms with E-state index >= 15 is 0 Å². The molecule has 13 heteroatoms. The van der Waals surface area contributed by atoms with Gasteiger partial charge in [0.05, 0.1) is 43.8 Å². The van der Waals surface area contributed by atoms with E-state index in [4.69, 9.17) is 10.5 Å². The van der Waals surface area contributed by atoms with Crippen molar-refractivity contribution in [2.75, 3.05) is 19.7 Å². The van der Waals surface area contributed by atoms with Gasteiger partial charge in [0.25, 0.3) is 5.92 Å². The van der Waals surface area contributed by atoms with Crippen molar-refractivity contribution >= 4 is 11.7 Å². The van der Waals surface area contributed by atoms with Gasteiger partial charge in [0.1, 0.15) is 0 Å². The van der Waals surface area contributed by atoms with Gasteiger partial charge in [-0.2, -0.15) is 18.3 Å². The van der Waals surface area contributed by atoms with Crippen LogP contribution in [0.1, 0.15) is 31.1 Å². The number of fused-ring (bicyclic) bond motifs is 1. The highest BCUT2D eigenvalue weighted by molar-refractivity contribution is 5.75. The SMILES string of the molecule is CC(C)(OC[C@H](N)c1cn2ncc(CN3CC(F)(F)CNC3=O)cc2n1)C(F)(F)F. The van der Waals surface area contributed by atoms with Gasteiger partial charge in [-0.15, -0.1) is 0 Å². The summed E-state index contributed by atoms with van der Waals surface area (Å²) in [6, 6.07) is -0.0244. The highest BCUT2D eigenvalue weighted by Gasteiger charge is 2.48. The second-order valence-electron chi connectivity index (χ2n) is 7.63. The zero-order chi connectivity index (χ0) is 22.3. The molecule has 3 rings (SSSR count). The number of amides is 2. The molecule has 2 amide bonds. The number of halogens is 5. The Morgan fingerprint density at radius 1 is 1.37 bits per heavy atom. The molecule has 1 fully saturated rings. The molecule has 8 nitrogen and oxygen atoms in total. The Balaban J connectivity index is 1.70. The number of carbonyl (C=O) groups is 1. The summed E-state index contributed by atoms with van der Waals surface area (Å²) in [4.78, 5) is 17.0. The molecule has 0 saturated carbocycles. The van der Waals surface area contributed by atoms with Gasteiger partial charge in [-0.05, 0) is 25.5 Å². The quantitative estimate of drug-likeness (QED) is 0.677. The van der Waals surface area contributed by atoms with Gasteiger partial charge < -0.3 is 20.7 Å². The van der Waals surface area contributed by atoms with E-state index < -0.39 is 49.5 Å². The van der Waals surface area contributed by atoms with E-state index in [-0.39, 0.29) is 12.2 Å². The van der Waals surface area contributed by atoms with Crippen LogP contribution in [0.2, 0.25) is 0 Å². The lowest BCUT2D eigenvalue weighted by molar-refractivity contribution is -0.264. The first-order valence-electron chi connectivity index (χ1n) is 8.98. The molecule has 3 heterocycles. The molecule has 1 aliphatic rings. The fourth-order valence-electron chi connectivity index (χ4n) is 2.74. The fraction of sp³-hybridized carbons (Fsp3) is 0.588. The van der Waals surface area contributed by atoms with Gasteiger partial charge in [0.15, 0.2) is 11.2 Å².